The van der Waals surface area contributed by atoms with Crippen molar-refractivity contribution < 1.29 is 15.0 Å². The second-order valence-corrected chi connectivity index (χ2v) is 0.283. The van der Waals surface area contributed by atoms with E-state index < -0.39 is 6.16 Å². The van der Waals surface area contributed by atoms with E-state index >= 15 is 0 Å². The van der Waals surface area contributed by atoms with Crippen LogP contribution in [0.25, 0.3) is 0 Å². The Hall–Kier alpha value is 2.83. The van der Waals surface area contributed by atoms with Crippen LogP contribution in [0, 0.1) is 0 Å². The summed E-state index contributed by atoms with van der Waals surface area (Å²) < 4.78 is 4.83. The molecule has 0 heterocycles. The van der Waals surface area contributed by atoms with Gasteiger partial charge in [-0.2, -0.15) is 0 Å². The molecule has 0 saturated heterocycles. The van der Waals surface area contributed by atoms with Crippen molar-refractivity contribution in [2.24, 2.45) is 0 Å². The third-order valence-electron chi connectivity index (χ3n) is 0. The van der Waals surface area contributed by atoms with E-state index in [2.05, 4.69) is 0 Å². The topological polar surface area (TPSA) is 57.5 Å². The minimum atomic E-state index is -1.83. The summed E-state index contributed by atoms with van der Waals surface area (Å²) in [6.45, 7) is 0. The fourth-order valence-electron chi connectivity index (χ4n) is 0. The van der Waals surface area contributed by atoms with Gasteiger partial charge < -0.3 is 10.2 Å². The molecule has 0 aliphatic carbocycles. The van der Waals surface area contributed by atoms with E-state index in [0.29, 0.717) is 47.1 Å². The zero-order chi connectivity index (χ0) is 5.58. The normalized spacial score (nSPS) is 4.43. The number of hydrogen-bond acceptors (Lipinski definition) is 1. The van der Waals surface area contributed by atoms with Gasteiger partial charge in [-0.25, -0.2) is 4.79 Å². The molecule has 0 bridgehead atoms. The fourth-order valence-corrected chi connectivity index (χ4v) is 0. The molecule has 0 saturated carbocycles. The van der Waals surface area contributed by atoms with Crippen molar-refractivity contribution in [1.29, 1.82) is 0 Å². The van der Waals surface area contributed by atoms with Crippen LogP contribution < -0.4 is 0 Å². The molecule has 0 spiro atoms. The van der Waals surface area contributed by atoms with E-state index in [1.54, 1.807) is 0 Å². The number of carbonyl (C=O) groups is 1. The monoisotopic (exact) mass is 176 g/mol. The Morgan fingerprint density at radius 2 is 1.43 bits per heavy atom. The Kier molecular flexibility index (Phi) is 37.4. The molecule has 0 unspecified atom stereocenters. The van der Waals surface area contributed by atoms with Gasteiger partial charge in [0.1, 0.15) is 0 Å². The Morgan fingerprint density at radius 1 is 1.43 bits per heavy atom. The number of hydrogen-bond donors (Lipinski definition) is 2. The van der Waals surface area contributed by atoms with Crippen molar-refractivity contribution in [3.63, 3.8) is 0 Å². The molecular formula is CH3ClK2O3. The molecule has 0 rings (SSSR count). The predicted molar refractivity (Wildman–Crippen MR) is 29.4 cm³/mol. The van der Waals surface area contributed by atoms with E-state index in [1.807, 2.05) is 0 Å². The molecule has 0 atom stereocenters. The maximum atomic E-state index is 8.56. The zero-order valence-electron chi connectivity index (χ0n) is 3.18. The van der Waals surface area contributed by atoms with Gasteiger partial charge in [-0.1, -0.05) is 0 Å². The summed E-state index contributed by atoms with van der Waals surface area (Å²) in [6, 6.07) is 0. The first-order chi connectivity index (χ1) is 2.73. The molecule has 0 radical (unpaired) electrons. The van der Waals surface area contributed by atoms with Crippen LogP contribution in [-0.4, -0.2) is 115 Å². The van der Waals surface area contributed by atoms with Gasteiger partial charge in [0.15, 0.2) is 0 Å². The minimum absolute atomic E-state index is 0. The summed E-state index contributed by atoms with van der Waals surface area (Å²) in [5.41, 5.74) is 0. The molecule has 0 aromatic heterocycles. The van der Waals surface area contributed by atoms with Crippen molar-refractivity contribution in [3.05, 3.63) is 0 Å². The standard InChI is InChI=1S/CH2O3.ClH.2K.H/c2-1(3)4;;;;/h(H2,2,3,4);1H;;;/q;;;+1;/p-1. The Bertz CT molecular complexity index is 35.9. The summed E-state index contributed by atoms with van der Waals surface area (Å²) in [5.74, 6) is 0. The van der Waals surface area contributed by atoms with Crippen LogP contribution in [0.5, 0.6) is 0 Å². The van der Waals surface area contributed by atoms with Gasteiger partial charge in [0, 0.05) is 0 Å². The predicted octanol–water partition coefficient (Wildman–Crippen LogP) is -0.117. The molecule has 0 aromatic rings. The fraction of sp³-hybridized carbons (Fsp3) is 0. The maximum absolute atomic E-state index is 8.56. The first kappa shape index (κ1) is 16.4. The van der Waals surface area contributed by atoms with E-state index in [0.717, 1.165) is 0 Å². The molecule has 2 N–H and O–H groups in total. The van der Waals surface area contributed by atoms with Crippen LogP contribution in [-0.2, 0) is 0 Å². The molecule has 0 fully saturated rings. The summed E-state index contributed by atoms with van der Waals surface area (Å²) >= 11 is 0.535. The van der Waals surface area contributed by atoms with Gasteiger partial charge in [0.2, 0.25) is 0 Å². The van der Waals surface area contributed by atoms with Crippen LogP contribution in [0.3, 0.4) is 0 Å². The van der Waals surface area contributed by atoms with E-state index in [4.69, 9.17) is 18.8 Å². The summed E-state index contributed by atoms with van der Waals surface area (Å²) in [4.78, 5) is 8.56. The quantitative estimate of drug-likeness (QED) is 0.507. The Morgan fingerprint density at radius 3 is 1.43 bits per heavy atom. The van der Waals surface area contributed by atoms with Gasteiger partial charge in [0.25, 0.3) is 0 Å². The molecule has 0 aromatic carbocycles. The third-order valence-corrected chi connectivity index (χ3v) is 0. The van der Waals surface area contributed by atoms with Gasteiger partial charge in [-0.05, 0) is 0 Å². The second kappa shape index (κ2) is 15.9. The molecule has 0 amide bonds. The summed E-state index contributed by atoms with van der Waals surface area (Å²) in [7, 11) is 0. The van der Waals surface area contributed by atoms with Gasteiger partial charge in [-0.3, -0.25) is 0 Å². The van der Waals surface area contributed by atoms with Crippen LogP contribution in [0.2, 0.25) is 0 Å². The number of carboxylic acid groups (broad SMARTS) is 2. The van der Waals surface area contributed by atoms with Crippen LogP contribution in [0.15, 0.2) is 0 Å². The van der Waals surface area contributed by atoms with E-state index in [-0.39, 0.29) is 51.4 Å². The molecular weight excluding hydrogens is 174 g/mol. The average Bonchev–Trinajstić information content (AvgIpc) is 1.41. The van der Waals surface area contributed by atoms with Crippen molar-refractivity contribution >= 4 is 108 Å². The average molecular weight is 177 g/mol. The third kappa shape index (κ3) is 51.4. The van der Waals surface area contributed by atoms with Crippen LogP contribution in [0.4, 0.5) is 4.79 Å². The van der Waals surface area contributed by atoms with E-state index in [1.165, 1.54) is 0 Å². The number of rotatable bonds is 0. The SMILES string of the molecule is O=C(O)O.[Cl][K].[KH]. The van der Waals surface area contributed by atoms with Crippen molar-refractivity contribution in [1.82, 2.24) is 0 Å². The van der Waals surface area contributed by atoms with Gasteiger partial charge >= 0.3 is 108 Å². The molecule has 7 heavy (non-hydrogen) atoms. The van der Waals surface area contributed by atoms with Crippen LogP contribution >= 0.6 is 3.76 Å². The Balaban J connectivity index is -0.0000000480. The van der Waals surface area contributed by atoms with Crippen LogP contribution in [0.1, 0.15) is 0 Å². The van der Waals surface area contributed by atoms with Crippen molar-refractivity contribution in [3.8, 4) is 0 Å². The van der Waals surface area contributed by atoms with Crippen molar-refractivity contribution in [2.75, 3.05) is 0 Å². The zero-order valence-corrected chi connectivity index (χ0v) is 7.06. The molecule has 0 aliphatic rings. The first-order valence-electron chi connectivity index (χ1n) is 1.03. The molecule has 34 valence electrons. The summed E-state index contributed by atoms with van der Waals surface area (Å²) in [5, 5.41) is 13.9. The van der Waals surface area contributed by atoms with Gasteiger partial charge in [-0.15, -0.1) is 0 Å². The van der Waals surface area contributed by atoms with E-state index in [9.17, 15) is 0 Å². The second-order valence-electron chi connectivity index (χ2n) is 0.283. The first-order valence-corrected chi connectivity index (χ1v) is 5.33. The number of halogens is 1. The van der Waals surface area contributed by atoms with Gasteiger partial charge in [0.05, 0.1) is 0 Å². The Labute approximate surface area is 120 Å². The molecule has 6 heteroatoms. The molecule has 3 nitrogen and oxygen atoms in total. The molecule has 0 aliphatic heterocycles. The van der Waals surface area contributed by atoms with Crippen molar-refractivity contribution in [2.45, 2.75) is 0 Å². The summed E-state index contributed by atoms with van der Waals surface area (Å²) in [6.07, 6.45) is -1.83.